The second kappa shape index (κ2) is 8.12. The third-order valence-corrected chi connectivity index (χ3v) is 6.82. The van der Waals surface area contributed by atoms with Crippen molar-refractivity contribution in [1.82, 2.24) is 18.8 Å². The molecule has 1 aliphatic heterocycles. The molecular weight excluding hydrogens is 328 g/mol. The number of nitrogens with one attached hydrogen (secondary N) is 1. The third-order valence-electron chi connectivity index (χ3n) is 5.23. The zero-order valence-electron chi connectivity index (χ0n) is 15.4. The smallest absolute Gasteiger partial charge is 0.279 e. The number of carbonyl (C=O) groups excluding carboxylic acids is 1. The Kier molecular flexibility index (Phi) is 6.64. The Morgan fingerprint density at radius 3 is 2.04 bits per heavy atom. The Balaban J connectivity index is 1.79. The molecule has 0 radical (unpaired) electrons. The van der Waals surface area contributed by atoms with Crippen molar-refractivity contribution in [3.8, 4) is 0 Å². The number of hydrogen-bond donors (Lipinski definition) is 1. The van der Waals surface area contributed by atoms with Gasteiger partial charge in [-0.3, -0.25) is 9.69 Å². The largest absolute Gasteiger partial charge is 0.340 e. The van der Waals surface area contributed by atoms with Crippen LogP contribution in [-0.2, 0) is 15.0 Å². The van der Waals surface area contributed by atoms with Gasteiger partial charge in [0.2, 0.25) is 5.91 Å². The van der Waals surface area contributed by atoms with Crippen LogP contribution in [0.3, 0.4) is 0 Å². The van der Waals surface area contributed by atoms with Gasteiger partial charge in [0.1, 0.15) is 0 Å². The Hall–Kier alpha value is -0.700. The van der Waals surface area contributed by atoms with Gasteiger partial charge in [-0.2, -0.15) is 17.4 Å². The lowest BCUT2D eigenvalue weighted by Gasteiger charge is -2.39. The molecule has 0 unspecified atom stereocenters. The third kappa shape index (κ3) is 4.91. The summed E-state index contributed by atoms with van der Waals surface area (Å²) in [4.78, 5) is 17.1. The number of rotatable bonds is 5. The molecule has 8 heteroatoms. The molecule has 140 valence electrons. The van der Waals surface area contributed by atoms with Crippen LogP contribution >= 0.6 is 0 Å². The van der Waals surface area contributed by atoms with Crippen LogP contribution in [0, 0.1) is 5.92 Å². The molecule has 1 heterocycles. The fraction of sp³-hybridized carbons (Fsp3) is 0.938. The summed E-state index contributed by atoms with van der Waals surface area (Å²) in [5.41, 5.74) is 0. The highest BCUT2D eigenvalue weighted by molar-refractivity contribution is 7.87. The summed E-state index contributed by atoms with van der Waals surface area (Å²) >= 11 is 0. The second-order valence-electron chi connectivity index (χ2n) is 7.41. The molecule has 0 aromatic carbocycles. The Bertz CT molecular complexity index is 519. The van der Waals surface area contributed by atoms with Crippen LogP contribution in [0.5, 0.6) is 0 Å². The fourth-order valence-corrected chi connectivity index (χ4v) is 4.36. The molecule has 1 saturated heterocycles. The number of nitrogens with zero attached hydrogens (tertiary/aromatic N) is 3. The van der Waals surface area contributed by atoms with Crippen LogP contribution in [0.2, 0.25) is 0 Å². The summed E-state index contributed by atoms with van der Waals surface area (Å²) in [6, 6.07) is 0.474. The number of piperazine rings is 1. The van der Waals surface area contributed by atoms with E-state index >= 15 is 0 Å². The lowest BCUT2D eigenvalue weighted by molar-refractivity contribution is -0.138. The molecule has 2 fully saturated rings. The standard InChI is InChI=1S/C16H32N4O3S/c1-13(2)19-9-11-20(12-10-19)16(21)14-5-7-15(8-6-14)17-24(22,23)18(3)4/h13-15,17H,5-12H2,1-4H3/t14-,15-. The summed E-state index contributed by atoms with van der Waals surface area (Å²) in [6.45, 7) is 7.89. The van der Waals surface area contributed by atoms with Gasteiger partial charge in [-0.05, 0) is 39.5 Å². The first-order chi connectivity index (χ1) is 11.2. The minimum Gasteiger partial charge on any atom is -0.340 e. The molecule has 0 atom stereocenters. The second-order valence-corrected chi connectivity index (χ2v) is 9.32. The van der Waals surface area contributed by atoms with Crippen molar-refractivity contribution in [1.29, 1.82) is 0 Å². The Morgan fingerprint density at radius 2 is 1.58 bits per heavy atom. The van der Waals surface area contributed by atoms with Crippen LogP contribution < -0.4 is 4.72 Å². The van der Waals surface area contributed by atoms with Gasteiger partial charge in [-0.15, -0.1) is 0 Å². The van der Waals surface area contributed by atoms with Crippen molar-refractivity contribution in [2.24, 2.45) is 5.92 Å². The van der Waals surface area contributed by atoms with Crippen LogP contribution in [0.1, 0.15) is 39.5 Å². The van der Waals surface area contributed by atoms with E-state index in [1.54, 1.807) is 0 Å². The molecular formula is C16H32N4O3S. The summed E-state index contributed by atoms with van der Waals surface area (Å²) in [7, 11) is -0.344. The quantitative estimate of drug-likeness (QED) is 0.775. The maximum atomic E-state index is 12.7. The molecule has 1 saturated carbocycles. The Labute approximate surface area is 146 Å². The minimum absolute atomic E-state index is 0.0516. The van der Waals surface area contributed by atoms with E-state index < -0.39 is 10.2 Å². The van der Waals surface area contributed by atoms with Gasteiger partial charge in [0, 0.05) is 58.3 Å². The summed E-state index contributed by atoms with van der Waals surface area (Å²) in [6.07, 6.45) is 3.00. The van der Waals surface area contributed by atoms with E-state index in [2.05, 4.69) is 23.5 Å². The normalized spacial score (nSPS) is 27.0. The van der Waals surface area contributed by atoms with Crippen molar-refractivity contribution < 1.29 is 13.2 Å². The van der Waals surface area contributed by atoms with Gasteiger partial charge in [-0.1, -0.05) is 0 Å². The monoisotopic (exact) mass is 360 g/mol. The predicted octanol–water partition coefficient (Wildman–Crippen LogP) is 0.494. The van der Waals surface area contributed by atoms with E-state index in [1.165, 1.54) is 18.4 Å². The van der Waals surface area contributed by atoms with Crippen LogP contribution in [0.25, 0.3) is 0 Å². The molecule has 0 aromatic heterocycles. The number of carbonyl (C=O) groups is 1. The highest BCUT2D eigenvalue weighted by atomic mass is 32.2. The fourth-order valence-electron chi connectivity index (χ4n) is 3.49. The van der Waals surface area contributed by atoms with Gasteiger partial charge in [-0.25, -0.2) is 0 Å². The van der Waals surface area contributed by atoms with Gasteiger partial charge < -0.3 is 4.90 Å². The zero-order valence-corrected chi connectivity index (χ0v) is 16.2. The Morgan fingerprint density at radius 1 is 1.04 bits per heavy atom. The molecule has 2 rings (SSSR count). The van der Waals surface area contributed by atoms with Crippen LogP contribution in [-0.4, -0.2) is 80.8 Å². The lowest BCUT2D eigenvalue weighted by atomic mass is 9.85. The first-order valence-electron chi connectivity index (χ1n) is 8.93. The SMILES string of the molecule is CC(C)N1CCN(C(=O)[C@H]2CC[C@H](NS(=O)(=O)N(C)C)CC2)CC1. The van der Waals surface area contributed by atoms with Gasteiger partial charge in [0.15, 0.2) is 0 Å². The van der Waals surface area contributed by atoms with E-state index in [4.69, 9.17) is 0 Å². The highest BCUT2D eigenvalue weighted by Gasteiger charge is 2.32. The van der Waals surface area contributed by atoms with E-state index in [0.29, 0.717) is 6.04 Å². The van der Waals surface area contributed by atoms with Gasteiger partial charge >= 0.3 is 0 Å². The van der Waals surface area contributed by atoms with Crippen LogP contribution in [0.15, 0.2) is 0 Å². The maximum absolute atomic E-state index is 12.7. The van der Waals surface area contributed by atoms with Crippen molar-refractivity contribution in [3.63, 3.8) is 0 Å². The lowest BCUT2D eigenvalue weighted by Crippen LogP contribution is -2.52. The first-order valence-corrected chi connectivity index (χ1v) is 10.4. The van der Waals surface area contributed by atoms with Gasteiger partial charge in [0.05, 0.1) is 0 Å². The molecule has 1 amide bonds. The van der Waals surface area contributed by atoms with Crippen LogP contribution in [0.4, 0.5) is 0 Å². The molecule has 2 aliphatic rings. The highest BCUT2D eigenvalue weighted by Crippen LogP contribution is 2.27. The molecule has 0 aromatic rings. The number of hydrogen-bond acceptors (Lipinski definition) is 4. The summed E-state index contributed by atoms with van der Waals surface area (Å²) < 4.78 is 27.7. The average Bonchev–Trinajstić information content (AvgIpc) is 2.54. The molecule has 0 spiro atoms. The molecule has 24 heavy (non-hydrogen) atoms. The van der Waals surface area contributed by atoms with E-state index in [1.807, 2.05) is 4.90 Å². The minimum atomic E-state index is -3.39. The molecule has 7 nitrogen and oxygen atoms in total. The van der Waals surface area contributed by atoms with Crippen molar-refractivity contribution in [3.05, 3.63) is 0 Å². The van der Waals surface area contributed by atoms with E-state index in [9.17, 15) is 13.2 Å². The maximum Gasteiger partial charge on any atom is 0.279 e. The van der Waals surface area contributed by atoms with Crippen molar-refractivity contribution >= 4 is 16.1 Å². The topological polar surface area (TPSA) is 73.0 Å². The summed E-state index contributed by atoms with van der Waals surface area (Å²) in [5.74, 6) is 0.308. The molecule has 1 aliphatic carbocycles. The average molecular weight is 361 g/mol. The summed E-state index contributed by atoms with van der Waals surface area (Å²) in [5, 5.41) is 0. The zero-order chi connectivity index (χ0) is 17.9. The molecule has 1 N–H and O–H groups in total. The first kappa shape index (κ1) is 19.6. The van der Waals surface area contributed by atoms with E-state index in [-0.39, 0.29) is 17.9 Å². The van der Waals surface area contributed by atoms with Crippen molar-refractivity contribution in [2.45, 2.75) is 51.6 Å². The van der Waals surface area contributed by atoms with E-state index in [0.717, 1.165) is 51.9 Å². The molecule has 0 bridgehead atoms. The van der Waals surface area contributed by atoms with Gasteiger partial charge in [0.25, 0.3) is 10.2 Å². The number of amides is 1. The predicted molar refractivity (Wildman–Crippen MR) is 94.8 cm³/mol. The van der Waals surface area contributed by atoms with Crippen molar-refractivity contribution in [2.75, 3.05) is 40.3 Å².